The predicted molar refractivity (Wildman–Crippen MR) is 72.4 cm³/mol. The van der Waals surface area contributed by atoms with Crippen LogP contribution in [0.2, 0.25) is 0 Å². The zero-order chi connectivity index (χ0) is 12.4. The molecular weight excluding hydrogens is 224 g/mol. The molecule has 0 spiro atoms. The van der Waals surface area contributed by atoms with Gasteiger partial charge in [0.05, 0.1) is 12.3 Å². The van der Waals surface area contributed by atoms with Gasteiger partial charge < -0.3 is 9.73 Å². The molecule has 2 unspecified atom stereocenters. The predicted octanol–water partition coefficient (Wildman–Crippen LogP) is 2.80. The van der Waals surface area contributed by atoms with Crippen LogP contribution >= 0.6 is 0 Å². The van der Waals surface area contributed by atoms with E-state index in [1.54, 1.807) is 0 Å². The molecule has 0 bridgehead atoms. The highest BCUT2D eigenvalue weighted by atomic mass is 16.3. The Bertz CT molecular complexity index is 359. The maximum atomic E-state index is 5.74. The van der Waals surface area contributed by atoms with Crippen LogP contribution in [0.5, 0.6) is 0 Å². The molecule has 3 heteroatoms. The minimum Gasteiger partial charge on any atom is -0.468 e. The van der Waals surface area contributed by atoms with Gasteiger partial charge in [-0.3, -0.25) is 4.90 Å². The van der Waals surface area contributed by atoms with Gasteiger partial charge in [-0.25, -0.2) is 0 Å². The van der Waals surface area contributed by atoms with Crippen LogP contribution in [0.1, 0.15) is 43.9 Å². The van der Waals surface area contributed by atoms with Gasteiger partial charge in [0, 0.05) is 6.04 Å². The Morgan fingerprint density at radius 2 is 2.22 bits per heavy atom. The summed E-state index contributed by atoms with van der Waals surface area (Å²) in [5.41, 5.74) is 0. The summed E-state index contributed by atoms with van der Waals surface area (Å²) >= 11 is 0. The Kier molecular flexibility index (Phi) is 3.71. The Labute approximate surface area is 110 Å². The summed E-state index contributed by atoms with van der Waals surface area (Å²) in [5.74, 6) is 1.85. The van der Waals surface area contributed by atoms with E-state index in [4.69, 9.17) is 4.42 Å². The van der Waals surface area contributed by atoms with Gasteiger partial charge in [-0.05, 0) is 63.9 Å². The third kappa shape index (κ3) is 2.47. The summed E-state index contributed by atoms with van der Waals surface area (Å²) < 4.78 is 5.74. The Morgan fingerprint density at radius 1 is 1.33 bits per heavy atom. The van der Waals surface area contributed by atoms with Crippen molar-refractivity contribution in [2.45, 2.75) is 44.2 Å². The first-order valence-electron chi connectivity index (χ1n) is 7.34. The van der Waals surface area contributed by atoms with Gasteiger partial charge in [0.25, 0.3) is 0 Å². The minimum absolute atomic E-state index is 0.488. The number of likely N-dealkylation sites (tertiary alicyclic amines) is 1. The molecule has 100 valence electrons. The number of hydrogen-bond acceptors (Lipinski definition) is 3. The third-order valence-corrected chi connectivity index (χ3v) is 4.36. The molecule has 0 aromatic carbocycles. The van der Waals surface area contributed by atoms with Crippen molar-refractivity contribution in [3.63, 3.8) is 0 Å². The van der Waals surface area contributed by atoms with E-state index >= 15 is 0 Å². The highest BCUT2D eigenvalue weighted by Crippen LogP contribution is 2.41. The van der Waals surface area contributed by atoms with Gasteiger partial charge in [-0.15, -0.1) is 0 Å². The molecule has 0 radical (unpaired) electrons. The number of nitrogens with one attached hydrogen (secondary N) is 1. The molecule has 2 fully saturated rings. The zero-order valence-electron chi connectivity index (χ0n) is 11.3. The highest BCUT2D eigenvalue weighted by Gasteiger charge is 2.40. The summed E-state index contributed by atoms with van der Waals surface area (Å²) in [7, 11) is 2.06. The van der Waals surface area contributed by atoms with Crippen molar-refractivity contribution < 1.29 is 4.42 Å². The standard InChI is InChI=1S/C15H24N2O/c1-16-11-12-5-2-3-9-17(13-7-8-13)15(12)14-6-4-10-18-14/h4,6,10,12-13,15-16H,2-3,5,7-9,11H2,1H3. The van der Waals surface area contributed by atoms with Crippen molar-refractivity contribution in [3.05, 3.63) is 24.2 Å². The largest absolute Gasteiger partial charge is 0.468 e. The first-order valence-corrected chi connectivity index (χ1v) is 7.34. The average Bonchev–Trinajstić information content (AvgIpc) is 3.12. The van der Waals surface area contributed by atoms with Crippen LogP contribution in [0.4, 0.5) is 0 Å². The fourth-order valence-electron chi connectivity index (χ4n) is 3.42. The summed E-state index contributed by atoms with van der Waals surface area (Å²) in [6, 6.07) is 5.50. The number of nitrogens with zero attached hydrogens (tertiary/aromatic N) is 1. The molecule has 3 rings (SSSR count). The molecule has 1 aromatic rings. The lowest BCUT2D eigenvalue weighted by Crippen LogP contribution is -2.37. The monoisotopic (exact) mass is 248 g/mol. The Morgan fingerprint density at radius 3 is 2.89 bits per heavy atom. The van der Waals surface area contributed by atoms with Crippen LogP contribution in [0.25, 0.3) is 0 Å². The summed E-state index contributed by atoms with van der Waals surface area (Å²) in [6.45, 7) is 2.34. The fraction of sp³-hybridized carbons (Fsp3) is 0.733. The number of rotatable bonds is 4. The van der Waals surface area contributed by atoms with Gasteiger partial charge in [-0.2, -0.15) is 0 Å². The van der Waals surface area contributed by atoms with Crippen molar-refractivity contribution in [1.82, 2.24) is 10.2 Å². The molecule has 1 aromatic heterocycles. The summed E-state index contributed by atoms with van der Waals surface area (Å²) in [6.07, 6.45) is 8.59. The highest BCUT2D eigenvalue weighted by molar-refractivity contribution is 5.09. The molecule has 1 N–H and O–H groups in total. The van der Waals surface area contributed by atoms with Crippen LogP contribution in [-0.4, -0.2) is 31.1 Å². The van der Waals surface area contributed by atoms with E-state index in [1.807, 2.05) is 12.3 Å². The van der Waals surface area contributed by atoms with E-state index in [0.29, 0.717) is 12.0 Å². The molecule has 18 heavy (non-hydrogen) atoms. The van der Waals surface area contributed by atoms with Gasteiger partial charge in [-0.1, -0.05) is 6.42 Å². The summed E-state index contributed by atoms with van der Waals surface area (Å²) in [4.78, 5) is 2.72. The van der Waals surface area contributed by atoms with Crippen LogP contribution in [0, 0.1) is 5.92 Å². The maximum Gasteiger partial charge on any atom is 0.121 e. The van der Waals surface area contributed by atoms with E-state index in [9.17, 15) is 0 Å². The lowest BCUT2D eigenvalue weighted by atomic mass is 9.92. The molecular formula is C15H24N2O. The lowest BCUT2D eigenvalue weighted by Gasteiger charge is -2.33. The normalized spacial score (nSPS) is 30.3. The molecule has 1 saturated heterocycles. The molecule has 1 aliphatic carbocycles. The molecule has 2 atom stereocenters. The topological polar surface area (TPSA) is 28.4 Å². The quantitative estimate of drug-likeness (QED) is 0.888. The van der Waals surface area contributed by atoms with Crippen LogP contribution in [-0.2, 0) is 0 Å². The fourth-order valence-corrected chi connectivity index (χ4v) is 3.42. The van der Waals surface area contributed by atoms with E-state index < -0.39 is 0 Å². The molecule has 0 amide bonds. The smallest absolute Gasteiger partial charge is 0.121 e. The summed E-state index contributed by atoms with van der Waals surface area (Å²) in [5, 5.41) is 3.37. The minimum atomic E-state index is 0.488. The lowest BCUT2D eigenvalue weighted by molar-refractivity contribution is 0.125. The zero-order valence-corrected chi connectivity index (χ0v) is 11.3. The maximum absolute atomic E-state index is 5.74. The van der Waals surface area contributed by atoms with Crippen molar-refractivity contribution in [3.8, 4) is 0 Å². The second kappa shape index (κ2) is 5.45. The van der Waals surface area contributed by atoms with Crippen LogP contribution < -0.4 is 5.32 Å². The number of hydrogen-bond donors (Lipinski definition) is 1. The van der Waals surface area contributed by atoms with Crippen LogP contribution in [0.3, 0.4) is 0 Å². The molecule has 2 aliphatic rings. The van der Waals surface area contributed by atoms with Crippen molar-refractivity contribution in [2.75, 3.05) is 20.1 Å². The molecule has 1 aliphatic heterocycles. The second-order valence-corrected chi connectivity index (χ2v) is 5.74. The first-order chi connectivity index (χ1) is 8.90. The molecule has 3 nitrogen and oxygen atoms in total. The van der Waals surface area contributed by atoms with E-state index in [1.165, 1.54) is 44.4 Å². The Balaban J connectivity index is 1.86. The van der Waals surface area contributed by atoms with Crippen molar-refractivity contribution in [1.29, 1.82) is 0 Å². The number of furan rings is 1. The second-order valence-electron chi connectivity index (χ2n) is 5.74. The first kappa shape index (κ1) is 12.2. The van der Waals surface area contributed by atoms with Crippen molar-refractivity contribution in [2.24, 2.45) is 5.92 Å². The van der Waals surface area contributed by atoms with Gasteiger partial charge >= 0.3 is 0 Å². The Hall–Kier alpha value is -0.800. The van der Waals surface area contributed by atoms with E-state index in [0.717, 1.165) is 12.6 Å². The third-order valence-electron chi connectivity index (χ3n) is 4.36. The van der Waals surface area contributed by atoms with Gasteiger partial charge in [0.2, 0.25) is 0 Å². The SMILES string of the molecule is CNCC1CCCCN(C2CC2)C1c1ccco1. The van der Waals surface area contributed by atoms with Crippen LogP contribution in [0.15, 0.2) is 22.8 Å². The molecule has 2 heterocycles. The molecule has 1 saturated carbocycles. The van der Waals surface area contributed by atoms with E-state index in [2.05, 4.69) is 23.3 Å². The van der Waals surface area contributed by atoms with Crippen molar-refractivity contribution >= 4 is 0 Å². The average molecular weight is 248 g/mol. The van der Waals surface area contributed by atoms with Gasteiger partial charge in [0.15, 0.2) is 0 Å². The van der Waals surface area contributed by atoms with Gasteiger partial charge in [0.1, 0.15) is 5.76 Å². The van der Waals surface area contributed by atoms with E-state index in [-0.39, 0.29) is 0 Å².